The highest BCUT2D eigenvalue weighted by Crippen LogP contribution is 2.31. The minimum atomic E-state index is 0.186. The van der Waals surface area contributed by atoms with Gasteiger partial charge in [-0.15, -0.1) is 0 Å². The fourth-order valence-electron chi connectivity index (χ4n) is 2.21. The fraction of sp³-hybridized carbons (Fsp3) is 0.462. The van der Waals surface area contributed by atoms with Crippen LogP contribution < -0.4 is 5.32 Å². The van der Waals surface area contributed by atoms with Gasteiger partial charge < -0.3 is 5.32 Å². The van der Waals surface area contributed by atoms with E-state index in [1.807, 2.05) is 30.3 Å². The molecule has 0 saturated heterocycles. The third kappa shape index (κ3) is 2.58. The molecule has 2 rings (SSSR count). The minimum Gasteiger partial charge on any atom is -0.326 e. The smallest absolute Gasteiger partial charge is 0.227 e. The first-order valence-electron chi connectivity index (χ1n) is 5.61. The lowest BCUT2D eigenvalue weighted by molar-refractivity contribution is -0.119. The van der Waals surface area contributed by atoms with Crippen molar-refractivity contribution >= 4 is 11.6 Å². The summed E-state index contributed by atoms with van der Waals surface area (Å²) in [7, 11) is 0. The van der Waals surface area contributed by atoms with Gasteiger partial charge in [-0.2, -0.15) is 0 Å². The molecule has 1 aliphatic carbocycles. The predicted molar refractivity (Wildman–Crippen MR) is 61.6 cm³/mol. The molecule has 0 radical (unpaired) electrons. The van der Waals surface area contributed by atoms with Crippen molar-refractivity contribution < 1.29 is 4.79 Å². The molecule has 80 valence electrons. The highest BCUT2D eigenvalue weighted by atomic mass is 16.1. The second-order valence-corrected chi connectivity index (χ2v) is 4.47. The number of carbonyl (C=O) groups excluding carboxylic acids is 1. The van der Waals surface area contributed by atoms with Gasteiger partial charge in [-0.05, 0) is 37.3 Å². The zero-order valence-electron chi connectivity index (χ0n) is 9.07. The van der Waals surface area contributed by atoms with Gasteiger partial charge in [-0.1, -0.05) is 25.1 Å². The van der Waals surface area contributed by atoms with E-state index in [9.17, 15) is 4.79 Å². The Hall–Kier alpha value is -1.31. The van der Waals surface area contributed by atoms with Crippen molar-refractivity contribution in [3.05, 3.63) is 30.3 Å². The van der Waals surface area contributed by atoms with Crippen molar-refractivity contribution in [2.45, 2.75) is 26.2 Å². The zero-order chi connectivity index (χ0) is 10.7. The number of rotatable bonds is 2. The highest BCUT2D eigenvalue weighted by molar-refractivity contribution is 5.92. The molecule has 2 atom stereocenters. The van der Waals surface area contributed by atoms with Gasteiger partial charge in [-0.3, -0.25) is 4.79 Å². The molecule has 1 aromatic carbocycles. The Kier molecular flexibility index (Phi) is 3.05. The van der Waals surface area contributed by atoms with Gasteiger partial charge >= 0.3 is 0 Å². The molecular formula is C13H17NO. The van der Waals surface area contributed by atoms with Crippen LogP contribution in [0.2, 0.25) is 0 Å². The first kappa shape index (κ1) is 10.2. The van der Waals surface area contributed by atoms with Crippen LogP contribution >= 0.6 is 0 Å². The van der Waals surface area contributed by atoms with E-state index >= 15 is 0 Å². The second kappa shape index (κ2) is 4.47. The van der Waals surface area contributed by atoms with Gasteiger partial charge in [0, 0.05) is 11.6 Å². The maximum atomic E-state index is 11.8. The molecule has 0 aromatic heterocycles. The Labute approximate surface area is 90.7 Å². The van der Waals surface area contributed by atoms with Gasteiger partial charge in [-0.25, -0.2) is 0 Å². The molecule has 1 saturated carbocycles. The summed E-state index contributed by atoms with van der Waals surface area (Å²) in [6, 6.07) is 9.68. The van der Waals surface area contributed by atoms with Crippen LogP contribution in [0.4, 0.5) is 5.69 Å². The predicted octanol–water partition coefficient (Wildman–Crippen LogP) is 3.06. The van der Waals surface area contributed by atoms with Crippen molar-refractivity contribution in [1.82, 2.24) is 0 Å². The van der Waals surface area contributed by atoms with Crippen LogP contribution in [-0.4, -0.2) is 5.91 Å². The standard InChI is InChI=1S/C13H17NO/c1-10-7-8-11(9-10)13(15)14-12-5-3-2-4-6-12/h2-6,10-11H,7-9H2,1H3,(H,14,15)/t10?,11-/m0/s1. The Bertz CT molecular complexity index is 334. The zero-order valence-corrected chi connectivity index (χ0v) is 9.07. The highest BCUT2D eigenvalue weighted by Gasteiger charge is 2.27. The first-order chi connectivity index (χ1) is 7.25. The molecule has 2 nitrogen and oxygen atoms in total. The number of nitrogens with one attached hydrogen (secondary N) is 1. The SMILES string of the molecule is CC1CC[C@H](C(=O)Nc2ccccc2)C1. The molecule has 1 aliphatic rings. The van der Waals surface area contributed by atoms with E-state index in [2.05, 4.69) is 12.2 Å². The van der Waals surface area contributed by atoms with Crippen molar-refractivity contribution in [1.29, 1.82) is 0 Å². The molecule has 1 N–H and O–H groups in total. The molecular weight excluding hydrogens is 186 g/mol. The van der Waals surface area contributed by atoms with Crippen molar-refractivity contribution in [2.24, 2.45) is 11.8 Å². The maximum absolute atomic E-state index is 11.8. The fourth-order valence-corrected chi connectivity index (χ4v) is 2.21. The minimum absolute atomic E-state index is 0.186. The van der Waals surface area contributed by atoms with Gasteiger partial charge in [0.05, 0.1) is 0 Å². The number of hydrogen-bond donors (Lipinski definition) is 1. The molecule has 1 aromatic rings. The molecule has 0 aliphatic heterocycles. The van der Waals surface area contributed by atoms with Crippen LogP contribution in [0, 0.1) is 11.8 Å². The topological polar surface area (TPSA) is 29.1 Å². The van der Waals surface area contributed by atoms with Crippen LogP contribution in [0.3, 0.4) is 0 Å². The summed E-state index contributed by atoms with van der Waals surface area (Å²) < 4.78 is 0. The second-order valence-electron chi connectivity index (χ2n) is 4.47. The van der Waals surface area contributed by atoms with E-state index in [1.54, 1.807) is 0 Å². The van der Waals surface area contributed by atoms with Crippen molar-refractivity contribution in [2.75, 3.05) is 5.32 Å². The lowest BCUT2D eigenvalue weighted by Gasteiger charge is -2.10. The average molecular weight is 203 g/mol. The molecule has 2 heteroatoms. The quantitative estimate of drug-likeness (QED) is 0.786. The van der Waals surface area contributed by atoms with Crippen LogP contribution in [0.15, 0.2) is 30.3 Å². The number of hydrogen-bond acceptors (Lipinski definition) is 1. The number of carbonyl (C=O) groups is 1. The molecule has 1 fully saturated rings. The summed E-state index contributed by atoms with van der Waals surface area (Å²) in [6.07, 6.45) is 3.27. The molecule has 0 spiro atoms. The summed E-state index contributed by atoms with van der Waals surface area (Å²) in [6.45, 7) is 2.22. The molecule has 15 heavy (non-hydrogen) atoms. The van der Waals surface area contributed by atoms with Crippen molar-refractivity contribution in [3.63, 3.8) is 0 Å². The molecule has 0 bridgehead atoms. The number of para-hydroxylation sites is 1. The molecule has 1 unspecified atom stereocenters. The van der Waals surface area contributed by atoms with Gasteiger partial charge in [0.25, 0.3) is 0 Å². The average Bonchev–Trinajstić information content (AvgIpc) is 2.66. The van der Waals surface area contributed by atoms with Crippen LogP contribution in [0.5, 0.6) is 0 Å². The Morgan fingerprint density at radius 1 is 1.27 bits per heavy atom. The number of benzene rings is 1. The molecule has 1 amide bonds. The largest absolute Gasteiger partial charge is 0.326 e. The monoisotopic (exact) mass is 203 g/mol. The van der Waals surface area contributed by atoms with E-state index in [1.165, 1.54) is 6.42 Å². The lowest BCUT2D eigenvalue weighted by Crippen LogP contribution is -2.20. The van der Waals surface area contributed by atoms with Gasteiger partial charge in [0.15, 0.2) is 0 Å². The van der Waals surface area contributed by atoms with Crippen LogP contribution in [-0.2, 0) is 4.79 Å². The summed E-state index contributed by atoms with van der Waals surface area (Å²) in [5.74, 6) is 1.11. The van der Waals surface area contributed by atoms with E-state index in [0.29, 0.717) is 5.92 Å². The normalized spacial score (nSPS) is 25.1. The van der Waals surface area contributed by atoms with Crippen molar-refractivity contribution in [3.8, 4) is 0 Å². The summed E-state index contributed by atoms with van der Waals surface area (Å²) in [5, 5.41) is 2.97. The van der Waals surface area contributed by atoms with Gasteiger partial charge in [0.2, 0.25) is 5.91 Å². The van der Waals surface area contributed by atoms with Crippen LogP contribution in [0.1, 0.15) is 26.2 Å². The van der Waals surface area contributed by atoms with E-state index in [4.69, 9.17) is 0 Å². The van der Waals surface area contributed by atoms with Gasteiger partial charge in [0.1, 0.15) is 0 Å². The first-order valence-corrected chi connectivity index (χ1v) is 5.61. The third-order valence-electron chi connectivity index (χ3n) is 3.11. The number of amides is 1. The van der Waals surface area contributed by atoms with E-state index < -0.39 is 0 Å². The molecule has 0 heterocycles. The lowest BCUT2D eigenvalue weighted by atomic mass is 10.1. The third-order valence-corrected chi connectivity index (χ3v) is 3.11. The Morgan fingerprint density at radius 3 is 2.60 bits per heavy atom. The summed E-state index contributed by atoms with van der Waals surface area (Å²) >= 11 is 0. The Balaban J connectivity index is 1.93. The number of anilines is 1. The Morgan fingerprint density at radius 2 is 2.00 bits per heavy atom. The summed E-state index contributed by atoms with van der Waals surface area (Å²) in [4.78, 5) is 11.8. The van der Waals surface area contributed by atoms with E-state index in [-0.39, 0.29) is 11.8 Å². The van der Waals surface area contributed by atoms with Crippen LogP contribution in [0.25, 0.3) is 0 Å². The maximum Gasteiger partial charge on any atom is 0.227 e. The van der Waals surface area contributed by atoms with E-state index in [0.717, 1.165) is 18.5 Å². The summed E-state index contributed by atoms with van der Waals surface area (Å²) in [5.41, 5.74) is 0.905.